The number of carbonyl (C=O) groups excluding carboxylic acids is 1. The number of amides is 1. The van der Waals surface area contributed by atoms with E-state index in [1.807, 2.05) is 26.0 Å². The molecule has 0 fully saturated rings. The molecular formula is C11H17N3O. The Morgan fingerprint density at radius 1 is 1.53 bits per heavy atom. The first-order valence-corrected chi connectivity index (χ1v) is 5.12. The minimum atomic E-state index is 0.0269. The van der Waals surface area contributed by atoms with Crippen molar-refractivity contribution in [3.8, 4) is 0 Å². The van der Waals surface area contributed by atoms with Crippen molar-refractivity contribution in [1.29, 1.82) is 0 Å². The van der Waals surface area contributed by atoms with Gasteiger partial charge in [0.05, 0.1) is 6.54 Å². The van der Waals surface area contributed by atoms with Gasteiger partial charge >= 0.3 is 0 Å². The normalized spacial score (nSPS) is 10.0. The Hall–Kier alpha value is -1.42. The van der Waals surface area contributed by atoms with Crippen molar-refractivity contribution in [1.82, 2.24) is 15.6 Å². The highest BCUT2D eigenvalue weighted by Crippen LogP contribution is 2.01. The van der Waals surface area contributed by atoms with Gasteiger partial charge in [-0.25, -0.2) is 0 Å². The number of nitrogens with zero attached hydrogens (tertiary/aromatic N) is 1. The van der Waals surface area contributed by atoms with Crippen LogP contribution in [0.25, 0.3) is 0 Å². The van der Waals surface area contributed by atoms with Crippen LogP contribution in [0.2, 0.25) is 0 Å². The standard InChI is InChI=1S/C11H17N3O/c1-3-13-11(15)8-12-7-10-5-4-6-14-9(10)2/h4-6,12H,3,7-8H2,1-2H3,(H,13,15). The fourth-order valence-corrected chi connectivity index (χ4v) is 1.27. The summed E-state index contributed by atoms with van der Waals surface area (Å²) >= 11 is 0. The van der Waals surface area contributed by atoms with Gasteiger partial charge < -0.3 is 10.6 Å². The molecule has 1 rings (SSSR count). The van der Waals surface area contributed by atoms with Crippen LogP contribution in [0.4, 0.5) is 0 Å². The van der Waals surface area contributed by atoms with Crippen molar-refractivity contribution in [3.63, 3.8) is 0 Å². The van der Waals surface area contributed by atoms with Crippen LogP contribution in [-0.4, -0.2) is 24.0 Å². The van der Waals surface area contributed by atoms with E-state index in [4.69, 9.17) is 0 Å². The molecule has 0 saturated carbocycles. The number of aromatic nitrogens is 1. The van der Waals surface area contributed by atoms with Gasteiger partial charge in [-0.15, -0.1) is 0 Å². The molecule has 1 heterocycles. The minimum absolute atomic E-state index is 0.0269. The molecule has 4 heteroatoms. The summed E-state index contributed by atoms with van der Waals surface area (Å²) in [6.45, 7) is 5.57. The largest absolute Gasteiger partial charge is 0.355 e. The lowest BCUT2D eigenvalue weighted by molar-refractivity contribution is -0.120. The number of rotatable bonds is 5. The van der Waals surface area contributed by atoms with E-state index in [9.17, 15) is 4.79 Å². The highest BCUT2D eigenvalue weighted by Gasteiger charge is 2.00. The summed E-state index contributed by atoms with van der Waals surface area (Å²) in [4.78, 5) is 15.3. The van der Waals surface area contributed by atoms with E-state index >= 15 is 0 Å². The Balaban J connectivity index is 2.32. The van der Waals surface area contributed by atoms with Crippen molar-refractivity contribution >= 4 is 5.91 Å². The van der Waals surface area contributed by atoms with Gasteiger partial charge in [-0.05, 0) is 25.5 Å². The first-order chi connectivity index (χ1) is 7.24. The van der Waals surface area contributed by atoms with Gasteiger partial charge in [-0.2, -0.15) is 0 Å². The molecule has 1 aromatic heterocycles. The van der Waals surface area contributed by atoms with Crippen molar-refractivity contribution in [3.05, 3.63) is 29.6 Å². The molecule has 1 aromatic rings. The fourth-order valence-electron chi connectivity index (χ4n) is 1.27. The summed E-state index contributed by atoms with van der Waals surface area (Å²) < 4.78 is 0. The predicted molar refractivity (Wildman–Crippen MR) is 59.4 cm³/mol. The Morgan fingerprint density at radius 2 is 2.33 bits per heavy atom. The second-order valence-electron chi connectivity index (χ2n) is 3.30. The highest BCUT2D eigenvalue weighted by atomic mass is 16.1. The maximum absolute atomic E-state index is 11.1. The predicted octanol–water partition coefficient (Wildman–Crippen LogP) is 0.616. The van der Waals surface area contributed by atoms with Gasteiger partial charge in [0.15, 0.2) is 0 Å². The quantitative estimate of drug-likeness (QED) is 0.744. The minimum Gasteiger partial charge on any atom is -0.355 e. The van der Waals surface area contributed by atoms with Gasteiger partial charge in [-0.3, -0.25) is 9.78 Å². The van der Waals surface area contributed by atoms with E-state index in [0.717, 1.165) is 11.3 Å². The third-order valence-corrected chi connectivity index (χ3v) is 2.09. The van der Waals surface area contributed by atoms with E-state index < -0.39 is 0 Å². The highest BCUT2D eigenvalue weighted by molar-refractivity contribution is 5.77. The van der Waals surface area contributed by atoms with Crippen LogP contribution in [0, 0.1) is 6.92 Å². The third kappa shape index (κ3) is 4.08. The molecule has 0 spiro atoms. The number of pyridine rings is 1. The maximum atomic E-state index is 11.1. The lowest BCUT2D eigenvalue weighted by atomic mass is 10.2. The molecule has 0 bridgehead atoms. The molecule has 0 unspecified atom stereocenters. The van der Waals surface area contributed by atoms with E-state index in [-0.39, 0.29) is 5.91 Å². The Morgan fingerprint density at radius 3 is 3.00 bits per heavy atom. The Kier molecular flexibility index (Phi) is 4.77. The van der Waals surface area contributed by atoms with Gasteiger partial charge in [0, 0.05) is 25.0 Å². The second-order valence-corrected chi connectivity index (χ2v) is 3.30. The lowest BCUT2D eigenvalue weighted by Gasteiger charge is -2.06. The summed E-state index contributed by atoms with van der Waals surface area (Å²) in [6.07, 6.45) is 1.77. The number of hydrogen-bond acceptors (Lipinski definition) is 3. The second kappa shape index (κ2) is 6.14. The molecule has 2 N–H and O–H groups in total. The SMILES string of the molecule is CCNC(=O)CNCc1cccnc1C. The van der Waals surface area contributed by atoms with Gasteiger partial charge in [0.1, 0.15) is 0 Å². The molecule has 1 amide bonds. The van der Waals surface area contributed by atoms with Crippen LogP contribution in [-0.2, 0) is 11.3 Å². The first kappa shape index (κ1) is 11.7. The molecule has 0 aromatic carbocycles. The summed E-state index contributed by atoms with van der Waals surface area (Å²) in [7, 11) is 0. The summed E-state index contributed by atoms with van der Waals surface area (Å²) in [6, 6.07) is 3.91. The number of carbonyl (C=O) groups is 1. The molecular weight excluding hydrogens is 190 g/mol. The molecule has 0 atom stereocenters. The lowest BCUT2D eigenvalue weighted by Crippen LogP contribution is -2.33. The number of hydrogen-bond donors (Lipinski definition) is 2. The molecule has 0 aliphatic carbocycles. The first-order valence-electron chi connectivity index (χ1n) is 5.12. The van der Waals surface area contributed by atoms with Gasteiger partial charge in [0.2, 0.25) is 5.91 Å². The molecule has 0 aliphatic heterocycles. The van der Waals surface area contributed by atoms with Crippen LogP contribution < -0.4 is 10.6 Å². The molecule has 0 saturated heterocycles. The zero-order valence-electron chi connectivity index (χ0n) is 9.21. The molecule has 0 aliphatic rings. The van der Waals surface area contributed by atoms with Crippen molar-refractivity contribution in [2.24, 2.45) is 0 Å². The van der Waals surface area contributed by atoms with E-state index in [1.165, 1.54) is 0 Å². The summed E-state index contributed by atoms with van der Waals surface area (Å²) in [5, 5.41) is 5.80. The van der Waals surface area contributed by atoms with Crippen LogP contribution in [0.15, 0.2) is 18.3 Å². The zero-order chi connectivity index (χ0) is 11.1. The van der Waals surface area contributed by atoms with Gasteiger partial charge in [0.25, 0.3) is 0 Å². The fraction of sp³-hybridized carbons (Fsp3) is 0.455. The Bertz CT molecular complexity index is 325. The van der Waals surface area contributed by atoms with Crippen LogP contribution in [0.5, 0.6) is 0 Å². The molecule has 15 heavy (non-hydrogen) atoms. The zero-order valence-corrected chi connectivity index (χ0v) is 9.21. The average molecular weight is 207 g/mol. The summed E-state index contributed by atoms with van der Waals surface area (Å²) in [5.74, 6) is 0.0269. The monoisotopic (exact) mass is 207 g/mol. The molecule has 82 valence electrons. The van der Waals surface area contributed by atoms with E-state index in [0.29, 0.717) is 19.6 Å². The number of aryl methyl sites for hydroxylation is 1. The number of nitrogens with one attached hydrogen (secondary N) is 2. The van der Waals surface area contributed by atoms with Crippen LogP contribution in [0.1, 0.15) is 18.2 Å². The molecule has 0 radical (unpaired) electrons. The average Bonchev–Trinajstić information content (AvgIpc) is 2.21. The van der Waals surface area contributed by atoms with Gasteiger partial charge in [-0.1, -0.05) is 6.07 Å². The maximum Gasteiger partial charge on any atom is 0.233 e. The third-order valence-electron chi connectivity index (χ3n) is 2.09. The number of likely N-dealkylation sites (N-methyl/N-ethyl adjacent to an activating group) is 1. The van der Waals surface area contributed by atoms with E-state index in [1.54, 1.807) is 6.20 Å². The van der Waals surface area contributed by atoms with E-state index in [2.05, 4.69) is 15.6 Å². The summed E-state index contributed by atoms with van der Waals surface area (Å²) in [5.41, 5.74) is 2.13. The van der Waals surface area contributed by atoms with Crippen molar-refractivity contribution < 1.29 is 4.79 Å². The molecule has 4 nitrogen and oxygen atoms in total. The Labute approximate surface area is 90.1 Å². The topological polar surface area (TPSA) is 54.0 Å². The van der Waals surface area contributed by atoms with Crippen LogP contribution in [0.3, 0.4) is 0 Å². The van der Waals surface area contributed by atoms with Crippen molar-refractivity contribution in [2.75, 3.05) is 13.1 Å². The smallest absolute Gasteiger partial charge is 0.233 e. The van der Waals surface area contributed by atoms with Crippen molar-refractivity contribution in [2.45, 2.75) is 20.4 Å². The van der Waals surface area contributed by atoms with Crippen LogP contribution >= 0.6 is 0 Å².